The third-order valence-corrected chi connectivity index (χ3v) is 5.74. The average Bonchev–Trinajstić information content (AvgIpc) is 3.02. The van der Waals surface area contributed by atoms with Crippen LogP contribution in [0.2, 0.25) is 0 Å². The molecule has 0 bridgehead atoms. The minimum absolute atomic E-state index is 0.165. The third-order valence-electron chi connectivity index (χ3n) is 4.28. The number of carbonyl (C=O) groups excluding carboxylic acids is 1. The second-order valence-corrected chi connectivity index (χ2v) is 7.73. The lowest BCUT2D eigenvalue weighted by atomic mass is 10.2. The highest BCUT2D eigenvalue weighted by Gasteiger charge is 2.26. The van der Waals surface area contributed by atoms with Crippen LogP contribution in [-0.4, -0.2) is 54.1 Å². The highest BCUT2D eigenvalue weighted by molar-refractivity contribution is 7.89. The lowest BCUT2D eigenvalue weighted by Gasteiger charge is -2.23. The number of sulfonamides is 1. The van der Waals surface area contributed by atoms with E-state index in [4.69, 9.17) is 0 Å². The summed E-state index contributed by atoms with van der Waals surface area (Å²) in [6.45, 7) is 3.38. The first-order valence-electron chi connectivity index (χ1n) is 8.18. The summed E-state index contributed by atoms with van der Waals surface area (Å²) in [5, 5.41) is 7.96. The number of benzene rings is 1. The predicted octanol–water partition coefficient (Wildman–Crippen LogP) is 0.447. The largest absolute Gasteiger partial charge is 0.337 e. The summed E-state index contributed by atoms with van der Waals surface area (Å²) in [6, 6.07) is 6.89. The van der Waals surface area contributed by atoms with Crippen molar-refractivity contribution in [1.82, 2.24) is 24.4 Å². The Kier molecular flexibility index (Phi) is 4.87. The second-order valence-electron chi connectivity index (χ2n) is 5.97. The minimum Gasteiger partial charge on any atom is -0.337 e. The molecule has 134 valence electrons. The van der Waals surface area contributed by atoms with Gasteiger partial charge in [0, 0.05) is 33.1 Å². The van der Waals surface area contributed by atoms with E-state index >= 15 is 0 Å². The summed E-state index contributed by atoms with van der Waals surface area (Å²) in [4.78, 5) is 13.9. The summed E-state index contributed by atoms with van der Waals surface area (Å²) in [6.07, 6.45) is 1.15. The van der Waals surface area contributed by atoms with Gasteiger partial charge in [0.15, 0.2) is 0 Å². The zero-order chi connectivity index (χ0) is 18.0. The fourth-order valence-corrected chi connectivity index (χ4v) is 3.85. The fraction of sp³-hybridized carbons (Fsp3) is 0.438. The van der Waals surface area contributed by atoms with Crippen LogP contribution >= 0.6 is 0 Å². The lowest BCUT2D eigenvalue weighted by Crippen LogP contribution is -2.38. The van der Waals surface area contributed by atoms with E-state index in [0.717, 1.165) is 12.0 Å². The molecule has 2 heterocycles. The molecule has 3 rings (SSSR count). The number of rotatable bonds is 6. The number of hydrogen-bond acceptors (Lipinski definition) is 5. The van der Waals surface area contributed by atoms with Crippen molar-refractivity contribution in [3.63, 3.8) is 0 Å². The van der Waals surface area contributed by atoms with Gasteiger partial charge in [-0.05, 0) is 24.1 Å². The zero-order valence-electron chi connectivity index (χ0n) is 14.3. The van der Waals surface area contributed by atoms with Crippen LogP contribution in [0, 0.1) is 0 Å². The molecular weight excluding hydrogens is 342 g/mol. The molecule has 0 atom stereocenters. The van der Waals surface area contributed by atoms with Crippen LogP contribution in [0.15, 0.2) is 29.2 Å². The number of nitrogens with zero attached hydrogens (tertiary/aromatic N) is 4. The van der Waals surface area contributed by atoms with E-state index in [9.17, 15) is 13.2 Å². The molecule has 9 heteroatoms. The van der Waals surface area contributed by atoms with E-state index in [1.165, 1.54) is 0 Å². The van der Waals surface area contributed by atoms with Crippen molar-refractivity contribution >= 4 is 15.9 Å². The maximum Gasteiger partial charge on any atom is 0.291 e. The normalized spacial score (nSPS) is 14.6. The van der Waals surface area contributed by atoms with Crippen LogP contribution in [0.3, 0.4) is 0 Å². The molecule has 0 spiro atoms. The van der Waals surface area contributed by atoms with Crippen LogP contribution in [-0.2, 0) is 29.4 Å². The van der Waals surface area contributed by atoms with Gasteiger partial charge in [-0.1, -0.05) is 19.1 Å². The van der Waals surface area contributed by atoms with Crippen LogP contribution in [0.1, 0.15) is 28.9 Å². The van der Waals surface area contributed by atoms with Gasteiger partial charge in [0.2, 0.25) is 15.8 Å². The van der Waals surface area contributed by atoms with Crippen molar-refractivity contribution in [2.45, 2.75) is 31.2 Å². The SMILES string of the molecule is CCc1cccc(S(=O)(=O)NCCc2nnc3n2CCN(C)C3=O)c1. The van der Waals surface area contributed by atoms with Gasteiger partial charge in [0.25, 0.3) is 5.91 Å². The molecule has 1 aliphatic heterocycles. The van der Waals surface area contributed by atoms with Crippen molar-refractivity contribution < 1.29 is 13.2 Å². The first-order valence-corrected chi connectivity index (χ1v) is 9.67. The van der Waals surface area contributed by atoms with E-state index in [-0.39, 0.29) is 17.3 Å². The van der Waals surface area contributed by atoms with Crippen LogP contribution in [0.25, 0.3) is 0 Å². The molecular formula is C16H21N5O3S. The summed E-state index contributed by atoms with van der Waals surface area (Å²) in [5.41, 5.74) is 0.969. The molecule has 8 nitrogen and oxygen atoms in total. The van der Waals surface area contributed by atoms with Gasteiger partial charge in [-0.25, -0.2) is 13.1 Å². The number of nitrogens with one attached hydrogen (secondary N) is 1. The summed E-state index contributed by atoms with van der Waals surface area (Å²) in [5.74, 6) is 0.755. The second kappa shape index (κ2) is 6.93. The Morgan fingerprint density at radius 3 is 2.80 bits per heavy atom. The predicted molar refractivity (Wildman–Crippen MR) is 91.7 cm³/mol. The number of amides is 1. The molecule has 1 aromatic carbocycles. The van der Waals surface area contributed by atoms with E-state index < -0.39 is 10.0 Å². The number of fused-ring (bicyclic) bond motifs is 1. The highest BCUT2D eigenvalue weighted by atomic mass is 32.2. The Balaban J connectivity index is 1.67. The van der Waals surface area contributed by atoms with Gasteiger partial charge in [-0.3, -0.25) is 4.79 Å². The number of hydrogen-bond donors (Lipinski definition) is 1. The number of likely N-dealkylation sites (N-methyl/N-ethyl adjacent to an activating group) is 1. The molecule has 0 unspecified atom stereocenters. The van der Waals surface area contributed by atoms with Gasteiger partial charge in [-0.2, -0.15) is 0 Å². The molecule has 0 saturated carbocycles. The van der Waals surface area contributed by atoms with Crippen molar-refractivity contribution in [2.75, 3.05) is 20.1 Å². The minimum atomic E-state index is -3.57. The lowest BCUT2D eigenvalue weighted by molar-refractivity contribution is 0.0740. The summed E-state index contributed by atoms with van der Waals surface area (Å²) in [7, 11) is -1.85. The van der Waals surface area contributed by atoms with Gasteiger partial charge in [0.05, 0.1) is 4.90 Å². The smallest absolute Gasteiger partial charge is 0.291 e. The van der Waals surface area contributed by atoms with Crippen LogP contribution in [0.5, 0.6) is 0 Å². The summed E-state index contributed by atoms with van der Waals surface area (Å²) >= 11 is 0. The fourth-order valence-electron chi connectivity index (χ4n) is 2.75. The van der Waals surface area contributed by atoms with Crippen LogP contribution < -0.4 is 4.72 Å². The van der Waals surface area contributed by atoms with Crippen molar-refractivity contribution in [1.29, 1.82) is 0 Å². The first kappa shape index (κ1) is 17.6. The van der Waals surface area contributed by atoms with E-state index in [0.29, 0.717) is 31.2 Å². The molecule has 1 aliphatic rings. The third kappa shape index (κ3) is 3.57. The van der Waals surface area contributed by atoms with Gasteiger partial charge < -0.3 is 9.47 Å². The van der Waals surface area contributed by atoms with E-state index in [1.807, 2.05) is 13.0 Å². The maximum absolute atomic E-state index is 12.4. The standard InChI is InChI=1S/C16H21N5O3S/c1-3-12-5-4-6-13(11-12)25(23,24)17-8-7-14-18-19-15-16(22)20(2)9-10-21(14)15/h4-6,11,17H,3,7-10H2,1-2H3. The Morgan fingerprint density at radius 1 is 1.24 bits per heavy atom. The monoisotopic (exact) mass is 363 g/mol. The number of aryl methyl sites for hydroxylation is 1. The van der Waals surface area contributed by atoms with Gasteiger partial charge in [-0.15, -0.1) is 10.2 Å². The molecule has 0 aliphatic carbocycles. The van der Waals surface area contributed by atoms with Crippen molar-refractivity contribution in [3.8, 4) is 0 Å². The first-order chi connectivity index (χ1) is 11.9. The quantitative estimate of drug-likeness (QED) is 0.804. The van der Waals surface area contributed by atoms with E-state index in [2.05, 4.69) is 14.9 Å². The summed E-state index contributed by atoms with van der Waals surface area (Å²) < 4.78 is 29.1. The molecule has 0 saturated heterocycles. The Hall–Kier alpha value is -2.26. The van der Waals surface area contributed by atoms with Gasteiger partial charge >= 0.3 is 0 Å². The number of carbonyl (C=O) groups is 1. The number of aromatic nitrogens is 3. The topological polar surface area (TPSA) is 97.2 Å². The molecule has 2 aromatic rings. The van der Waals surface area contributed by atoms with Crippen molar-refractivity contribution in [2.24, 2.45) is 0 Å². The van der Waals surface area contributed by atoms with Crippen molar-refractivity contribution in [3.05, 3.63) is 41.5 Å². The highest BCUT2D eigenvalue weighted by Crippen LogP contribution is 2.13. The Labute approximate surface area is 146 Å². The Morgan fingerprint density at radius 2 is 2.04 bits per heavy atom. The maximum atomic E-state index is 12.4. The van der Waals surface area contributed by atoms with E-state index in [1.54, 1.807) is 34.7 Å². The molecule has 25 heavy (non-hydrogen) atoms. The van der Waals surface area contributed by atoms with Gasteiger partial charge in [0.1, 0.15) is 5.82 Å². The molecule has 1 aromatic heterocycles. The molecule has 1 amide bonds. The average molecular weight is 363 g/mol. The zero-order valence-corrected chi connectivity index (χ0v) is 15.1. The molecule has 0 radical (unpaired) electrons. The molecule has 1 N–H and O–H groups in total. The Bertz CT molecular complexity index is 891. The van der Waals surface area contributed by atoms with Crippen LogP contribution in [0.4, 0.5) is 0 Å². The molecule has 0 fully saturated rings.